The van der Waals surface area contributed by atoms with E-state index in [4.69, 9.17) is 4.74 Å². The van der Waals surface area contributed by atoms with Crippen molar-refractivity contribution in [3.05, 3.63) is 42.0 Å². The van der Waals surface area contributed by atoms with Gasteiger partial charge in [-0.05, 0) is 40.8 Å². The van der Waals surface area contributed by atoms with Crippen molar-refractivity contribution in [2.24, 2.45) is 0 Å². The lowest BCUT2D eigenvalue weighted by molar-refractivity contribution is 0.415. The maximum Gasteiger partial charge on any atom is 0.211 e. The minimum atomic E-state index is -3.15. The quantitative estimate of drug-likeness (QED) is 0.851. The number of nitrogens with one attached hydrogen (secondary N) is 1. The third-order valence-corrected chi connectivity index (χ3v) is 5.27. The molecule has 22 heavy (non-hydrogen) atoms. The molecule has 0 heterocycles. The summed E-state index contributed by atoms with van der Waals surface area (Å²) in [6.07, 6.45) is 0.627. The standard InChI is InChI=1S/C17H23NO3S/c1-4-9-22(19,20)18-12-13(2)14-5-6-16-11-17(21-3)8-7-15(16)10-14/h5-8,10-11,13,18H,4,9,12H2,1-3H3. The summed E-state index contributed by atoms with van der Waals surface area (Å²) in [6, 6.07) is 12.1. The van der Waals surface area contributed by atoms with Gasteiger partial charge in [0.05, 0.1) is 12.9 Å². The lowest BCUT2D eigenvalue weighted by Gasteiger charge is -2.14. The summed E-state index contributed by atoms with van der Waals surface area (Å²) in [5, 5.41) is 2.24. The van der Waals surface area contributed by atoms with Crippen LogP contribution in [0.25, 0.3) is 10.8 Å². The van der Waals surface area contributed by atoms with Gasteiger partial charge in [-0.3, -0.25) is 0 Å². The van der Waals surface area contributed by atoms with E-state index in [1.54, 1.807) is 7.11 Å². The van der Waals surface area contributed by atoms with E-state index in [-0.39, 0.29) is 11.7 Å². The van der Waals surface area contributed by atoms with E-state index < -0.39 is 10.0 Å². The topological polar surface area (TPSA) is 55.4 Å². The fraction of sp³-hybridized carbons (Fsp3) is 0.412. The Morgan fingerprint density at radius 3 is 2.50 bits per heavy atom. The highest BCUT2D eigenvalue weighted by atomic mass is 32.2. The van der Waals surface area contributed by atoms with Crippen LogP contribution in [0.4, 0.5) is 0 Å². The van der Waals surface area contributed by atoms with Crippen molar-refractivity contribution in [3.8, 4) is 5.75 Å². The summed E-state index contributed by atoms with van der Waals surface area (Å²) < 4.78 is 31.3. The second-order valence-corrected chi connectivity index (χ2v) is 7.47. The Bertz CT molecular complexity index is 741. The maximum atomic E-state index is 11.7. The van der Waals surface area contributed by atoms with E-state index in [1.807, 2.05) is 44.2 Å². The molecule has 0 saturated heterocycles. The predicted octanol–water partition coefficient (Wildman–Crippen LogP) is 3.28. The first-order valence-electron chi connectivity index (χ1n) is 7.50. The Balaban J connectivity index is 2.13. The summed E-state index contributed by atoms with van der Waals surface area (Å²) in [5.74, 6) is 1.13. The van der Waals surface area contributed by atoms with Gasteiger partial charge in [-0.2, -0.15) is 0 Å². The second kappa shape index (κ2) is 7.11. The molecule has 0 radical (unpaired) electrons. The molecule has 1 N–H and O–H groups in total. The Morgan fingerprint density at radius 2 is 1.82 bits per heavy atom. The average molecular weight is 321 g/mol. The molecule has 0 aliphatic carbocycles. The first-order valence-corrected chi connectivity index (χ1v) is 9.15. The highest BCUT2D eigenvalue weighted by Crippen LogP contribution is 2.25. The SMILES string of the molecule is CCCS(=O)(=O)NCC(C)c1ccc2cc(OC)ccc2c1. The number of benzene rings is 2. The lowest BCUT2D eigenvalue weighted by atomic mass is 9.98. The largest absolute Gasteiger partial charge is 0.497 e. The molecule has 2 rings (SSSR count). The van der Waals surface area contributed by atoms with Gasteiger partial charge in [0.25, 0.3) is 0 Å². The minimum Gasteiger partial charge on any atom is -0.497 e. The van der Waals surface area contributed by atoms with Gasteiger partial charge in [-0.1, -0.05) is 38.1 Å². The van der Waals surface area contributed by atoms with Crippen LogP contribution < -0.4 is 9.46 Å². The Morgan fingerprint density at radius 1 is 1.14 bits per heavy atom. The molecule has 2 aromatic carbocycles. The van der Waals surface area contributed by atoms with Gasteiger partial charge >= 0.3 is 0 Å². The Hall–Kier alpha value is -1.59. The molecule has 0 fully saturated rings. The van der Waals surface area contributed by atoms with Crippen LogP contribution in [0.1, 0.15) is 31.7 Å². The molecule has 5 heteroatoms. The van der Waals surface area contributed by atoms with Crippen molar-refractivity contribution in [3.63, 3.8) is 0 Å². The molecule has 0 aromatic heterocycles. The smallest absolute Gasteiger partial charge is 0.211 e. The predicted molar refractivity (Wildman–Crippen MR) is 91.0 cm³/mol. The molecule has 2 aromatic rings. The number of fused-ring (bicyclic) bond motifs is 1. The van der Waals surface area contributed by atoms with Crippen molar-refractivity contribution >= 4 is 20.8 Å². The number of rotatable bonds is 7. The summed E-state index contributed by atoms with van der Waals surface area (Å²) in [5.41, 5.74) is 1.12. The molecule has 0 saturated carbocycles. The van der Waals surface area contributed by atoms with Gasteiger partial charge in [0.15, 0.2) is 0 Å². The monoisotopic (exact) mass is 321 g/mol. The molecular formula is C17H23NO3S. The van der Waals surface area contributed by atoms with Crippen LogP contribution in [0.2, 0.25) is 0 Å². The van der Waals surface area contributed by atoms with Crippen molar-refractivity contribution < 1.29 is 13.2 Å². The summed E-state index contributed by atoms with van der Waals surface area (Å²) in [4.78, 5) is 0. The van der Waals surface area contributed by atoms with Gasteiger partial charge in [-0.15, -0.1) is 0 Å². The van der Waals surface area contributed by atoms with Gasteiger partial charge in [0.2, 0.25) is 10.0 Å². The number of ether oxygens (including phenoxy) is 1. The molecular weight excluding hydrogens is 298 g/mol. The first kappa shape index (κ1) is 16.8. The van der Waals surface area contributed by atoms with Crippen LogP contribution in [-0.4, -0.2) is 27.8 Å². The van der Waals surface area contributed by atoms with Crippen LogP contribution in [-0.2, 0) is 10.0 Å². The number of hydrogen-bond donors (Lipinski definition) is 1. The van der Waals surface area contributed by atoms with Crippen LogP contribution >= 0.6 is 0 Å². The summed E-state index contributed by atoms with van der Waals surface area (Å²) in [6.45, 7) is 4.31. The van der Waals surface area contributed by atoms with E-state index in [2.05, 4.69) is 10.8 Å². The average Bonchev–Trinajstić information content (AvgIpc) is 2.51. The van der Waals surface area contributed by atoms with Crippen molar-refractivity contribution in [2.45, 2.75) is 26.2 Å². The zero-order chi connectivity index (χ0) is 16.2. The van der Waals surface area contributed by atoms with Crippen LogP contribution in [0.15, 0.2) is 36.4 Å². The van der Waals surface area contributed by atoms with E-state index in [0.29, 0.717) is 13.0 Å². The molecule has 0 aliphatic rings. The van der Waals surface area contributed by atoms with Crippen LogP contribution in [0.3, 0.4) is 0 Å². The van der Waals surface area contributed by atoms with E-state index in [0.717, 1.165) is 22.1 Å². The minimum absolute atomic E-state index is 0.123. The highest BCUT2D eigenvalue weighted by molar-refractivity contribution is 7.89. The second-order valence-electron chi connectivity index (χ2n) is 5.54. The molecule has 1 unspecified atom stereocenters. The van der Waals surface area contributed by atoms with E-state index >= 15 is 0 Å². The number of hydrogen-bond acceptors (Lipinski definition) is 3. The fourth-order valence-corrected chi connectivity index (χ4v) is 3.57. The molecule has 120 valence electrons. The summed E-state index contributed by atoms with van der Waals surface area (Å²) in [7, 11) is -1.50. The normalized spacial score (nSPS) is 13.2. The maximum absolute atomic E-state index is 11.7. The molecule has 4 nitrogen and oxygen atoms in total. The van der Waals surface area contributed by atoms with Crippen molar-refractivity contribution in [2.75, 3.05) is 19.4 Å². The molecule has 0 aliphatic heterocycles. The Kier molecular flexibility index (Phi) is 5.42. The van der Waals surface area contributed by atoms with Gasteiger partial charge in [-0.25, -0.2) is 13.1 Å². The third kappa shape index (κ3) is 4.21. The van der Waals surface area contributed by atoms with Gasteiger partial charge < -0.3 is 4.74 Å². The van der Waals surface area contributed by atoms with Crippen LogP contribution in [0.5, 0.6) is 5.75 Å². The number of sulfonamides is 1. The fourth-order valence-electron chi connectivity index (χ4n) is 2.39. The van der Waals surface area contributed by atoms with Crippen molar-refractivity contribution in [1.29, 1.82) is 0 Å². The zero-order valence-corrected chi connectivity index (χ0v) is 14.1. The van der Waals surface area contributed by atoms with Gasteiger partial charge in [0.1, 0.15) is 5.75 Å². The number of methoxy groups -OCH3 is 1. The summed E-state index contributed by atoms with van der Waals surface area (Å²) >= 11 is 0. The third-order valence-electron chi connectivity index (χ3n) is 3.72. The van der Waals surface area contributed by atoms with Gasteiger partial charge in [0, 0.05) is 6.54 Å². The van der Waals surface area contributed by atoms with Crippen molar-refractivity contribution in [1.82, 2.24) is 4.72 Å². The zero-order valence-electron chi connectivity index (χ0n) is 13.3. The first-order chi connectivity index (χ1) is 10.4. The van der Waals surface area contributed by atoms with E-state index in [9.17, 15) is 8.42 Å². The highest BCUT2D eigenvalue weighted by Gasteiger charge is 2.12. The molecule has 0 bridgehead atoms. The molecule has 0 spiro atoms. The van der Waals surface area contributed by atoms with Crippen LogP contribution in [0, 0.1) is 0 Å². The van der Waals surface area contributed by atoms with E-state index in [1.165, 1.54) is 0 Å². The Labute approximate surface area is 132 Å². The molecule has 1 atom stereocenters. The lowest BCUT2D eigenvalue weighted by Crippen LogP contribution is -2.29. The molecule has 0 amide bonds.